The molecule has 0 saturated heterocycles. The molecule has 0 N–H and O–H groups in total. The fourth-order valence-corrected chi connectivity index (χ4v) is 8.36. The second kappa shape index (κ2) is 12.1. The van der Waals surface area contributed by atoms with Crippen LogP contribution in [-0.4, -0.2) is 0 Å². The molecule has 4 aromatic carbocycles. The van der Waals surface area contributed by atoms with E-state index in [2.05, 4.69) is 149 Å². The van der Waals surface area contributed by atoms with Crippen LogP contribution in [0.4, 0.5) is 0 Å². The molecular formula is C41H34Cl2Zr. The van der Waals surface area contributed by atoms with Crippen LogP contribution in [0.2, 0.25) is 0 Å². The van der Waals surface area contributed by atoms with E-state index in [0.717, 1.165) is 0 Å². The van der Waals surface area contributed by atoms with Crippen LogP contribution in [0.25, 0.3) is 65.3 Å². The van der Waals surface area contributed by atoms with Gasteiger partial charge in [0.15, 0.2) is 0 Å². The van der Waals surface area contributed by atoms with Crippen molar-refractivity contribution in [2.45, 2.75) is 33.1 Å². The van der Waals surface area contributed by atoms with Gasteiger partial charge in [0.2, 0.25) is 0 Å². The molecule has 0 heterocycles. The topological polar surface area (TPSA) is 0 Å². The molecule has 0 atom stereocenters. The number of hydrogen-bond donors (Lipinski definition) is 0. The number of halogens is 2. The molecule has 0 fully saturated rings. The molecule has 0 spiro atoms. The molecule has 0 radical (unpaired) electrons. The van der Waals surface area contributed by atoms with Gasteiger partial charge in [0.1, 0.15) is 0 Å². The van der Waals surface area contributed by atoms with E-state index in [1.807, 2.05) is 0 Å². The number of benzene rings is 6. The molecule has 0 bridgehead atoms. The average molecular weight is 689 g/mol. The second-order valence-corrected chi connectivity index (χ2v) is 12.5. The van der Waals surface area contributed by atoms with E-state index in [0.29, 0.717) is 11.8 Å². The predicted octanol–water partition coefficient (Wildman–Crippen LogP) is 5.55. The van der Waals surface area contributed by atoms with Crippen LogP contribution in [0, 0.1) is 11.8 Å². The van der Waals surface area contributed by atoms with Crippen LogP contribution in [0.15, 0.2) is 121 Å². The maximum atomic E-state index is 2.45. The van der Waals surface area contributed by atoms with E-state index in [1.54, 1.807) is 0 Å². The molecule has 44 heavy (non-hydrogen) atoms. The Labute approximate surface area is 291 Å². The van der Waals surface area contributed by atoms with Gasteiger partial charge in [-0.15, -0.1) is 47.2 Å². The minimum Gasteiger partial charge on any atom is -1.00 e. The normalized spacial score (nSPS) is 12.0. The molecule has 3 heteroatoms. The van der Waals surface area contributed by atoms with E-state index < -0.39 is 0 Å². The summed E-state index contributed by atoms with van der Waals surface area (Å²) in [7, 11) is 0. The van der Waals surface area contributed by atoms with E-state index in [9.17, 15) is 0 Å². The maximum Gasteiger partial charge on any atom is 4.00 e. The van der Waals surface area contributed by atoms with Crippen LogP contribution >= 0.6 is 0 Å². The zero-order chi connectivity index (χ0) is 27.9. The standard InChI is InChI=1S/C41H34.2ClH.Zr/c1-25(2)41(26(3)4,37-23-21-35-33(37)19-17-29-15-13-27-9-5-7-11-31(27)39(29)35)38-24-22-36-34(38)20-18-30-16-14-28-10-6-8-12-32(28)40(30)36;;;/h5-26H,1-4H3;2*1H;/q-2;;;+4/p-2. The second-order valence-electron chi connectivity index (χ2n) is 12.5. The number of rotatable bonds is 4. The Morgan fingerprint density at radius 2 is 0.886 bits per heavy atom. The van der Waals surface area contributed by atoms with Gasteiger partial charge in [-0.05, 0) is 22.6 Å². The molecule has 4 aliphatic carbocycles. The molecule has 0 amide bonds. The van der Waals surface area contributed by atoms with Crippen LogP contribution in [-0.2, 0) is 31.6 Å². The van der Waals surface area contributed by atoms with Gasteiger partial charge in [-0.3, -0.25) is 0 Å². The fraction of sp³-hybridized carbons (Fsp3) is 0.171. The van der Waals surface area contributed by atoms with Crippen molar-refractivity contribution >= 4 is 43.1 Å². The summed E-state index contributed by atoms with van der Waals surface area (Å²) >= 11 is 0. The first-order valence-corrected chi connectivity index (χ1v) is 15.0. The van der Waals surface area contributed by atoms with Crippen molar-refractivity contribution in [3.05, 3.63) is 132 Å². The van der Waals surface area contributed by atoms with Crippen molar-refractivity contribution in [1.29, 1.82) is 0 Å². The van der Waals surface area contributed by atoms with Gasteiger partial charge < -0.3 is 24.8 Å². The Bertz CT molecular complexity index is 2020. The van der Waals surface area contributed by atoms with Gasteiger partial charge in [-0.1, -0.05) is 168 Å². The molecule has 0 aliphatic heterocycles. The van der Waals surface area contributed by atoms with Crippen LogP contribution < -0.4 is 24.8 Å². The Balaban J connectivity index is 0.00000128. The largest absolute Gasteiger partial charge is 4.00 e. The Kier molecular flexibility index (Phi) is 8.92. The van der Waals surface area contributed by atoms with Crippen molar-refractivity contribution < 1.29 is 51.0 Å². The van der Waals surface area contributed by atoms with Gasteiger partial charge >= 0.3 is 26.2 Å². The van der Waals surface area contributed by atoms with Crippen molar-refractivity contribution in [1.82, 2.24) is 0 Å². The van der Waals surface area contributed by atoms with Crippen LogP contribution in [0.3, 0.4) is 0 Å². The first kappa shape index (κ1) is 32.4. The summed E-state index contributed by atoms with van der Waals surface area (Å²) in [5.41, 5.74) is 8.28. The van der Waals surface area contributed by atoms with Crippen LogP contribution in [0.5, 0.6) is 0 Å². The molecule has 0 saturated carbocycles. The summed E-state index contributed by atoms with van der Waals surface area (Å²) < 4.78 is 0. The van der Waals surface area contributed by atoms with Gasteiger partial charge in [-0.2, -0.15) is 0 Å². The first-order chi connectivity index (χ1) is 20.0. The van der Waals surface area contributed by atoms with Crippen molar-refractivity contribution in [2.75, 3.05) is 0 Å². The molecule has 4 aliphatic rings. The minimum atomic E-state index is -0.139. The third kappa shape index (κ3) is 4.42. The smallest absolute Gasteiger partial charge is 1.00 e. The third-order valence-corrected chi connectivity index (χ3v) is 10.0. The van der Waals surface area contributed by atoms with E-state index >= 15 is 0 Å². The molecule has 0 nitrogen and oxygen atoms in total. The summed E-state index contributed by atoms with van der Waals surface area (Å²) in [5.74, 6) is 0.815. The van der Waals surface area contributed by atoms with Gasteiger partial charge in [0, 0.05) is 5.41 Å². The Morgan fingerprint density at radius 3 is 1.30 bits per heavy atom. The summed E-state index contributed by atoms with van der Waals surface area (Å²) in [6.07, 6.45) is 0. The molecular weight excluding hydrogens is 655 g/mol. The average Bonchev–Trinajstić information content (AvgIpc) is 3.62. The first-order valence-electron chi connectivity index (χ1n) is 15.0. The van der Waals surface area contributed by atoms with Crippen molar-refractivity contribution in [3.8, 4) is 22.3 Å². The summed E-state index contributed by atoms with van der Waals surface area (Å²) in [5, 5.41) is 10.6. The van der Waals surface area contributed by atoms with E-state index in [4.69, 9.17) is 0 Å². The van der Waals surface area contributed by atoms with E-state index in [-0.39, 0.29) is 56.4 Å². The van der Waals surface area contributed by atoms with Gasteiger partial charge in [0.25, 0.3) is 0 Å². The SMILES string of the molecule is CC(C)C(c1ccc2c3c(ccc4ccccc43)[cH-]cc1-2)(c1ccc2c3c(ccc4ccccc43)[cH-]cc1-2)C(C)C.[Cl-].[Cl-].[Zr+4]. The molecule has 0 unspecified atom stereocenters. The fourth-order valence-electron chi connectivity index (χ4n) is 8.36. The maximum absolute atomic E-state index is 2.45. The molecule has 216 valence electrons. The summed E-state index contributed by atoms with van der Waals surface area (Å²) in [6, 6.07) is 45.8. The van der Waals surface area contributed by atoms with Crippen molar-refractivity contribution in [3.63, 3.8) is 0 Å². The molecule has 8 rings (SSSR count). The quantitative estimate of drug-likeness (QED) is 0.168. The zero-order valence-corrected chi connectivity index (χ0v) is 29.4. The van der Waals surface area contributed by atoms with Crippen LogP contribution in [0.1, 0.15) is 38.8 Å². The van der Waals surface area contributed by atoms with Gasteiger partial charge in [0.05, 0.1) is 0 Å². The van der Waals surface area contributed by atoms with Gasteiger partial charge in [-0.25, -0.2) is 0 Å². The number of fused-ring (bicyclic) bond motifs is 10. The summed E-state index contributed by atoms with van der Waals surface area (Å²) in [6.45, 7) is 9.68. The third-order valence-electron chi connectivity index (χ3n) is 10.0. The monoisotopic (exact) mass is 686 g/mol. The predicted molar refractivity (Wildman–Crippen MR) is 178 cm³/mol. The molecule has 0 aromatic heterocycles. The van der Waals surface area contributed by atoms with Crippen molar-refractivity contribution in [2.24, 2.45) is 11.8 Å². The molecule has 4 aromatic rings. The zero-order valence-electron chi connectivity index (χ0n) is 25.5. The van der Waals surface area contributed by atoms with E-state index in [1.165, 1.54) is 76.5 Å². The Hall–Kier alpha value is -2.96. The number of hydrogen-bond acceptors (Lipinski definition) is 0. The Morgan fingerprint density at radius 1 is 0.477 bits per heavy atom. The minimum absolute atomic E-state index is 0. The summed E-state index contributed by atoms with van der Waals surface area (Å²) in [4.78, 5) is 0.